The Morgan fingerprint density at radius 2 is 2.38 bits per heavy atom. The topological polar surface area (TPSA) is 50.2 Å². The Balaban J connectivity index is 2.71. The van der Waals surface area contributed by atoms with E-state index in [1.54, 1.807) is 6.07 Å². The minimum atomic E-state index is -0.0244. The summed E-state index contributed by atoms with van der Waals surface area (Å²) in [5.74, 6) is -0.0367. The summed E-state index contributed by atoms with van der Waals surface area (Å²) >= 11 is 0. The van der Waals surface area contributed by atoms with Gasteiger partial charge in [-0.2, -0.15) is 0 Å². The van der Waals surface area contributed by atoms with Crippen LogP contribution in [-0.4, -0.2) is 15.9 Å². The van der Waals surface area contributed by atoms with Crippen molar-refractivity contribution in [2.45, 2.75) is 26.2 Å². The molecule has 1 aromatic heterocycles. The van der Waals surface area contributed by atoms with Crippen LogP contribution in [0.4, 0.5) is 0 Å². The Kier molecular flexibility index (Phi) is 3.43. The first-order valence-electron chi connectivity index (χ1n) is 4.42. The van der Waals surface area contributed by atoms with Gasteiger partial charge in [0.05, 0.1) is 11.8 Å². The van der Waals surface area contributed by atoms with Crippen LogP contribution in [0.25, 0.3) is 0 Å². The van der Waals surface area contributed by atoms with Crippen LogP contribution in [0.5, 0.6) is 5.75 Å². The summed E-state index contributed by atoms with van der Waals surface area (Å²) in [5, 5.41) is 9.30. The normalized spacial score (nSPS) is 9.92. The molecule has 13 heavy (non-hydrogen) atoms. The van der Waals surface area contributed by atoms with Crippen molar-refractivity contribution >= 4 is 5.78 Å². The van der Waals surface area contributed by atoms with Gasteiger partial charge in [-0.15, -0.1) is 0 Å². The lowest BCUT2D eigenvalue weighted by Crippen LogP contribution is -1.99. The highest BCUT2D eigenvalue weighted by molar-refractivity contribution is 5.98. The van der Waals surface area contributed by atoms with Crippen molar-refractivity contribution in [3.63, 3.8) is 0 Å². The van der Waals surface area contributed by atoms with Gasteiger partial charge in [0, 0.05) is 12.6 Å². The zero-order chi connectivity index (χ0) is 9.68. The average Bonchev–Trinajstić information content (AvgIpc) is 2.15. The minimum absolute atomic E-state index is 0.0123. The molecular weight excluding hydrogens is 166 g/mol. The van der Waals surface area contributed by atoms with E-state index < -0.39 is 0 Å². The van der Waals surface area contributed by atoms with E-state index in [0.29, 0.717) is 12.0 Å². The highest BCUT2D eigenvalue weighted by atomic mass is 16.3. The number of carbonyl (C=O) groups excluding carboxylic acids is 1. The molecule has 0 amide bonds. The fourth-order valence-corrected chi connectivity index (χ4v) is 1.09. The van der Waals surface area contributed by atoms with Gasteiger partial charge in [0.2, 0.25) is 0 Å². The monoisotopic (exact) mass is 179 g/mol. The predicted octanol–water partition coefficient (Wildman–Crippen LogP) is 2.16. The molecule has 0 unspecified atom stereocenters. The summed E-state index contributed by atoms with van der Waals surface area (Å²) in [5.41, 5.74) is 0.378. The van der Waals surface area contributed by atoms with Crippen LogP contribution >= 0.6 is 0 Å². The van der Waals surface area contributed by atoms with Gasteiger partial charge in [0.25, 0.3) is 0 Å². The Morgan fingerprint density at radius 1 is 1.62 bits per heavy atom. The third-order valence-corrected chi connectivity index (χ3v) is 1.86. The molecule has 1 aromatic rings. The number of ketones is 1. The van der Waals surface area contributed by atoms with Crippen molar-refractivity contribution in [3.8, 4) is 5.75 Å². The molecule has 0 aliphatic rings. The third kappa shape index (κ3) is 2.54. The maximum Gasteiger partial charge on any atom is 0.166 e. The molecule has 0 bridgehead atoms. The van der Waals surface area contributed by atoms with Crippen molar-refractivity contribution < 1.29 is 9.90 Å². The minimum Gasteiger partial charge on any atom is -0.506 e. The molecule has 0 aliphatic heterocycles. The third-order valence-electron chi connectivity index (χ3n) is 1.86. The first-order chi connectivity index (χ1) is 6.25. The molecule has 1 N–H and O–H groups in total. The van der Waals surface area contributed by atoms with Gasteiger partial charge >= 0.3 is 0 Å². The van der Waals surface area contributed by atoms with Crippen LogP contribution in [-0.2, 0) is 0 Å². The second-order valence-electron chi connectivity index (χ2n) is 2.92. The molecule has 0 aliphatic carbocycles. The molecule has 0 spiro atoms. The standard InChI is InChI=1S/C10H13NO2/c1-2-3-4-9(12)8-5-6-11-7-10(8)13/h5-7,13H,2-4H2,1H3. The highest BCUT2D eigenvalue weighted by Gasteiger charge is 2.09. The molecule has 0 aromatic carbocycles. The number of aromatic nitrogens is 1. The zero-order valence-corrected chi connectivity index (χ0v) is 7.66. The molecule has 0 saturated carbocycles. The van der Waals surface area contributed by atoms with Crippen LogP contribution in [0, 0.1) is 0 Å². The van der Waals surface area contributed by atoms with Crippen LogP contribution in [0.3, 0.4) is 0 Å². The Bertz CT molecular complexity index is 297. The van der Waals surface area contributed by atoms with E-state index in [-0.39, 0.29) is 11.5 Å². The van der Waals surface area contributed by atoms with E-state index in [1.807, 2.05) is 6.92 Å². The van der Waals surface area contributed by atoms with E-state index in [0.717, 1.165) is 12.8 Å². The maximum atomic E-state index is 11.4. The number of unbranched alkanes of at least 4 members (excludes halogenated alkanes) is 1. The molecule has 70 valence electrons. The molecule has 3 heteroatoms. The largest absolute Gasteiger partial charge is 0.506 e. The van der Waals surface area contributed by atoms with Gasteiger partial charge in [0.1, 0.15) is 5.75 Å². The Hall–Kier alpha value is -1.38. The van der Waals surface area contributed by atoms with Crippen LogP contribution in [0.15, 0.2) is 18.5 Å². The van der Waals surface area contributed by atoms with Crippen LogP contribution < -0.4 is 0 Å². The summed E-state index contributed by atoms with van der Waals surface area (Å²) in [6, 6.07) is 1.55. The molecular formula is C10H13NO2. The van der Waals surface area contributed by atoms with Gasteiger partial charge in [-0.3, -0.25) is 9.78 Å². The van der Waals surface area contributed by atoms with Gasteiger partial charge < -0.3 is 5.11 Å². The van der Waals surface area contributed by atoms with E-state index >= 15 is 0 Å². The molecule has 3 nitrogen and oxygen atoms in total. The molecule has 0 saturated heterocycles. The van der Waals surface area contributed by atoms with Crippen molar-refractivity contribution in [2.24, 2.45) is 0 Å². The van der Waals surface area contributed by atoms with Crippen molar-refractivity contribution in [1.29, 1.82) is 0 Å². The maximum absolute atomic E-state index is 11.4. The zero-order valence-electron chi connectivity index (χ0n) is 7.66. The van der Waals surface area contributed by atoms with Gasteiger partial charge in [-0.1, -0.05) is 13.3 Å². The number of pyridine rings is 1. The first kappa shape index (κ1) is 9.71. The quantitative estimate of drug-likeness (QED) is 0.720. The molecule has 1 heterocycles. The summed E-state index contributed by atoms with van der Waals surface area (Å²) in [4.78, 5) is 15.1. The first-order valence-corrected chi connectivity index (χ1v) is 4.42. The smallest absolute Gasteiger partial charge is 0.166 e. The number of hydrogen-bond acceptors (Lipinski definition) is 3. The van der Waals surface area contributed by atoms with Gasteiger partial charge in [-0.05, 0) is 12.5 Å². The molecule has 0 fully saturated rings. The van der Waals surface area contributed by atoms with Crippen LogP contribution in [0.2, 0.25) is 0 Å². The summed E-state index contributed by atoms with van der Waals surface area (Å²) in [6.45, 7) is 2.03. The van der Waals surface area contributed by atoms with E-state index in [4.69, 9.17) is 0 Å². The van der Waals surface area contributed by atoms with E-state index in [9.17, 15) is 9.90 Å². The SMILES string of the molecule is CCCCC(=O)c1ccncc1O. The summed E-state index contributed by atoms with van der Waals surface area (Å²) in [7, 11) is 0. The second-order valence-corrected chi connectivity index (χ2v) is 2.92. The van der Waals surface area contributed by atoms with E-state index in [1.165, 1.54) is 12.4 Å². The Morgan fingerprint density at radius 3 is 3.00 bits per heavy atom. The second kappa shape index (κ2) is 4.60. The van der Waals surface area contributed by atoms with Gasteiger partial charge in [0.15, 0.2) is 5.78 Å². The van der Waals surface area contributed by atoms with Gasteiger partial charge in [-0.25, -0.2) is 0 Å². The van der Waals surface area contributed by atoms with E-state index in [2.05, 4.69) is 4.98 Å². The molecule has 1 rings (SSSR count). The van der Waals surface area contributed by atoms with Crippen molar-refractivity contribution in [2.75, 3.05) is 0 Å². The van der Waals surface area contributed by atoms with Crippen molar-refractivity contribution in [1.82, 2.24) is 4.98 Å². The number of Topliss-reactive ketones (excluding diaryl/α,β-unsaturated/α-hetero) is 1. The van der Waals surface area contributed by atoms with Crippen molar-refractivity contribution in [3.05, 3.63) is 24.0 Å². The fourth-order valence-electron chi connectivity index (χ4n) is 1.09. The summed E-state index contributed by atoms with van der Waals surface area (Å²) in [6.07, 6.45) is 5.14. The molecule has 0 atom stereocenters. The lowest BCUT2D eigenvalue weighted by atomic mass is 10.1. The highest BCUT2D eigenvalue weighted by Crippen LogP contribution is 2.16. The number of nitrogens with zero attached hydrogens (tertiary/aromatic N) is 1. The lowest BCUT2D eigenvalue weighted by Gasteiger charge is -2.01. The number of rotatable bonds is 4. The van der Waals surface area contributed by atoms with Crippen LogP contribution in [0.1, 0.15) is 36.5 Å². The fraction of sp³-hybridized carbons (Fsp3) is 0.400. The Labute approximate surface area is 77.4 Å². The number of hydrogen-bond donors (Lipinski definition) is 1. The summed E-state index contributed by atoms with van der Waals surface area (Å²) < 4.78 is 0. The predicted molar refractivity (Wildman–Crippen MR) is 49.8 cm³/mol. The number of carbonyl (C=O) groups is 1. The number of aromatic hydroxyl groups is 1. The lowest BCUT2D eigenvalue weighted by molar-refractivity contribution is 0.0977. The molecule has 0 radical (unpaired) electrons. The average molecular weight is 179 g/mol.